The van der Waals surface area contributed by atoms with Crippen molar-refractivity contribution in [1.29, 1.82) is 0 Å². The largest absolute Gasteiger partial charge is 0.430 e. The Balaban J connectivity index is 2.31. The maximum atomic E-state index is 11.0. The van der Waals surface area contributed by atoms with Crippen molar-refractivity contribution in [1.82, 2.24) is 14.8 Å². The summed E-state index contributed by atoms with van der Waals surface area (Å²) in [4.78, 5) is 14.6. The molecule has 0 amide bonds. The predicted molar refractivity (Wildman–Crippen MR) is 77.7 cm³/mol. The van der Waals surface area contributed by atoms with Gasteiger partial charge in [0, 0.05) is 18.7 Å². The quantitative estimate of drug-likeness (QED) is 0.649. The van der Waals surface area contributed by atoms with Gasteiger partial charge in [-0.15, -0.1) is 0 Å². The molecule has 0 radical (unpaired) electrons. The van der Waals surface area contributed by atoms with Gasteiger partial charge >= 0.3 is 11.6 Å². The molecule has 0 aliphatic carbocycles. The number of nitrogens with zero attached hydrogens (tertiary/aromatic N) is 4. The molecule has 0 fully saturated rings. The Kier molecular flexibility index (Phi) is 4.36. The summed E-state index contributed by atoms with van der Waals surface area (Å²) >= 11 is 0. The van der Waals surface area contributed by atoms with Crippen LogP contribution in [0.3, 0.4) is 0 Å². The minimum Gasteiger partial charge on any atom is -0.430 e. The van der Waals surface area contributed by atoms with Gasteiger partial charge in [-0.2, -0.15) is 10.1 Å². The van der Waals surface area contributed by atoms with Crippen LogP contribution in [0.25, 0.3) is 0 Å². The summed E-state index contributed by atoms with van der Waals surface area (Å²) in [5, 5.41) is 18.2. The highest BCUT2D eigenvalue weighted by Crippen LogP contribution is 2.30. The van der Waals surface area contributed by atoms with E-state index in [2.05, 4.69) is 15.4 Å². The summed E-state index contributed by atoms with van der Waals surface area (Å²) in [7, 11) is 0. The van der Waals surface area contributed by atoms with E-state index in [4.69, 9.17) is 4.74 Å². The third-order valence-corrected chi connectivity index (χ3v) is 2.72. The molecule has 0 saturated carbocycles. The van der Waals surface area contributed by atoms with E-state index < -0.39 is 4.92 Å². The molecular weight excluding hydrogens is 274 g/mol. The molecule has 0 aliphatic rings. The number of hydrogen-bond donors (Lipinski definition) is 1. The zero-order chi connectivity index (χ0) is 15.4. The summed E-state index contributed by atoms with van der Waals surface area (Å²) < 4.78 is 7.22. The number of ether oxygens (including phenoxy) is 1. The number of anilines is 1. The molecule has 2 rings (SSSR count). The van der Waals surface area contributed by atoms with Crippen LogP contribution in [0.1, 0.15) is 26.8 Å². The number of pyridine rings is 1. The van der Waals surface area contributed by atoms with Crippen LogP contribution >= 0.6 is 0 Å². The predicted octanol–water partition coefficient (Wildman–Crippen LogP) is 2.99. The van der Waals surface area contributed by atoms with Crippen LogP contribution in [-0.4, -0.2) is 26.2 Å². The van der Waals surface area contributed by atoms with Crippen LogP contribution in [0, 0.1) is 10.1 Å². The molecular formula is C13H17N5O3. The van der Waals surface area contributed by atoms with Crippen molar-refractivity contribution in [2.45, 2.75) is 26.8 Å². The van der Waals surface area contributed by atoms with E-state index in [1.807, 2.05) is 20.8 Å². The second kappa shape index (κ2) is 6.21. The van der Waals surface area contributed by atoms with Crippen molar-refractivity contribution in [2.24, 2.45) is 0 Å². The third-order valence-electron chi connectivity index (χ3n) is 2.72. The highest BCUT2D eigenvalue weighted by Gasteiger charge is 2.19. The minimum absolute atomic E-state index is 0.0539. The molecule has 2 aromatic heterocycles. The second-order valence-corrected chi connectivity index (χ2v) is 4.66. The SMILES string of the molecule is CCNc1ccc([N+](=O)[O-])c(Oc2cnn(C(C)C)c2)n1. The first-order chi connectivity index (χ1) is 10.0. The number of nitro groups is 1. The van der Waals surface area contributed by atoms with Crippen molar-refractivity contribution < 1.29 is 9.66 Å². The molecule has 0 aliphatic heterocycles. The summed E-state index contributed by atoms with van der Waals surface area (Å²) in [6, 6.07) is 3.09. The van der Waals surface area contributed by atoms with E-state index in [0.717, 1.165) is 0 Å². The smallest absolute Gasteiger partial charge is 0.331 e. The Bertz CT molecular complexity index is 638. The summed E-state index contributed by atoms with van der Waals surface area (Å²) in [6.07, 6.45) is 3.18. The maximum Gasteiger partial charge on any atom is 0.331 e. The van der Waals surface area contributed by atoms with Gasteiger partial charge in [-0.25, -0.2) is 0 Å². The Hall–Kier alpha value is -2.64. The first-order valence-electron chi connectivity index (χ1n) is 6.62. The fraction of sp³-hybridized carbons (Fsp3) is 0.385. The molecule has 0 aromatic carbocycles. The van der Waals surface area contributed by atoms with Gasteiger partial charge in [0.05, 0.1) is 17.3 Å². The lowest BCUT2D eigenvalue weighted by Gasteiger charge is -2.07. The lowest BCUT2D eigenvalue weighted by molar-refractivity contribution is -0.386. The number of aromatic nitrogens is 3. The third kappa shape index (κ3) is 3.47. The van der Waals surface area contributed by atoms with Crippen LogP contribution in [-0.2, 0) is 0 Å². The fourth-order valence-corrected chi connectivity index (χ4v) is 1.69. The molecule has 2 heterocycles. The fourth-order valence-electron chi connectivity index (χ4n) is 1.69. The van der Waals surface area contributed by atoms with Gasteiger partial charge in [-0.1, -0.05) is 0 Å². The van der Waals surface area contributed by atoms with Gasteiger partial charge in [0.1, 0.15) is 5.82 Å². The van der Waals surface area contributed by atoms with Crippen LogP contribution in [0.4, 0.5) is 11.5 Å². The molecule has 0 bridgehead atoms. The summed E-state index contributed by atoms with van der Waals surface area (Å²) in [5.74, 6) is 0.879. The number of nitrogens with one attached hydrogen (secondary N) is 1. The number of rotatable bonds is 6. The van der Waals surface area contributed by atoms with Crippen molar-refractivity contribution in [3.05, 3.63) is 34.6 Å². The van der Waals surface area contributed by atoms with Gasteiger partial charge in [0.25, 0.3) is 0 Å². The topological polar surface area (TPSA) is 95.1 Å². The van der Waals surface area contributed by atoms with Crippen molar-refractivity contribution in [2.75, 3.05) is 11.9 Å². The van der Waals surface area contributed by atoms with Gasteiger partial charge in [0.15, 0.2) is 5.75 Å². The highest BCUT2D eigenvalue weighted by atomic mass is 16.6. The molecule has 0 saturated heterocycles. The highest BCUT2D eigenvalue weighted by molar-refractivity contribution is 5.50. The normalized spacial score (nSPS) is 10.7. The van der Waals surface area contributed by atoms with Crippen LogP contribution in [0.15, 0.2) is 24.5 Å². The van der Waals surface area contributed by atoms with Crippen LogP contribution in [0.5, 0.6) is 11.6 Å². The van der Waals surface area contributed by atoms with E-state index in [9.17, 15) is 10.1 Å². The average molecular weight is 291 g/mol. The Morgan fingerprint density at radius 2 is 2.24 bits per heavy atom. The van der Waals surface area contributed by atoms with Crippen molar-refractivity contribution in [3.63, 3.8) is 0 Å². The molecule has 0 spiro atoms. The Morgan fingerprint density at radius 1 is 1.48 bits per heavy atom. The van der Waals surface area contributed by atoms with Gasteiger partial charge < -0.3 is 10.1 Å². The molecule has 0 atom stereocenters. The summed E-state index contributed by atoms with van der Waals surface area (Å²) in [5.41, 5.74) is -0.186. The standard InChI is InChI=1S/C13H17N5O3/c1-4-14-12-6-5-11(18(19)20)13(16-12)21-10-7-15-17(8-10)9(2)3/h5-9H,4H2,1-3H3,(H,14,16). The molecule has 0 unspecified atom stereocenters. The van der Waals surface area contributed by atoms with Gasteiger partial charge in [-0.3, -0.25) is 14.8 Å². The molecule has 112 valence electrons. The monoisotopic (exact) mass is 291 g/mol. The molecule has 8 heteroatoms. The van der Waals surface area contributed by atoms with E-state index >= 15 is 0 Å². The lowest BCUT2D eigenvalue weighted by atomic mass is 10.4. The molecule has 1 N–H and O–H groups in total. The summed E-state index contributed by atoms with van der Waals surface area (Å²) in [6.45, 7) is 6.53. The van der Waals surface area contributed by atoms with Crippen molar-refractivity contribution in [3.8, 4) is 11.6 Å². The van der Waals surface area contributed by atoms with E-state index in [0.29, 0.717) is 18.1 Å². The number of hydrogen-bond acceptors (Lipinski definition) is 6. The van der Waals surface area contributed by atoms with Crippen LogP contribution in [0.2, 0.25) is 0 Å². The van der Waals surface area contributed by atoms with Crippen LogP contribution < -0.4 is 10.1 Å². The molecule has 2 aromatic rings. The second-order valence-electron chi connectivity index (χ2n) is 4.66. The zero-order valence-electron chi connectivity index (χ0n) is 12.1. The first kappa shape index (κ1) is 14.8. The minimum atomic E-state index is -0.523. The van der Waals surface area contributed by atoms with Gasteiger partial charge in [-0.05, 0) is 26.8 Å². The van der Waals surface area contributed by atoms with E-state index in [1.165, 1.54) is 12.3 Å². The Morgan fingerprint density at radius 3 is 2.81 bits per heavy atom. The molecule has 8 nitrogen and oxygen atoms in total. The Labute approximate surface area is 121 Å². The van der Waals surface area contributed by atoms with Gasteiger partial charge in [0.2, 0.25) is 0 Å². The lowest BCUT2D eigenvalue weighted by Crippen LogP contribution is -2.02. The van der Waals surface area contributed by atoms with E-state index in [1.54, 1.807) is 16.9 Å². The average Bonchev–Trinajstić information content (AvgIpc) is 2.88. The van der Waals surface area contributed by atoms with E-state index in [-0.39, 0.29) is 17.6 Å². The van der Waals surface area contributed by atoms with Crippen molar-refractivity contribution >= 4 is 11.5 Å². The zero-order valence-corrected chi connectivity index (χ0v) is 12.1. The maximum absolute atomic E-state index is 11.0. The molecule has 21 heavy (non-hydrogen) atoms. The first-order valence-corrected chi connectivity index (χ1v) is 6.62.